The molecule has 1 aromatic rings. The minimum atomic E-state index is -1.10. The molecule has 1 aromatic carbocycles. The highest BCUT2D eigenvalue weighted by molar-refractivity contribution is 5.69. The number of amides is 2. The van der Waals surface area contributed by atoms with Gasteiger partial charge in [0.15, 0.2) is 0 Å². The van der Waals surface area contributed by atoms with E-state index < -0.39 is 30.4 Å². The number of alkyl carbamates (subject to hydrolysis) is 1. The number of carbonyl (C=O) groups is 2. The first-order chi connectivity index (χ1) is 10.5. The molecule has 1 saturated heterocycles. The van der Waals surface area contributed by atoms with Crippen LogP contribution in [0.2, 0.25) is 0 Å². The van der Waals surface area contributed by atoms with Crippen molar-refractivity contribution in [2.45, 2.75) is 38.1 Å². The summed E-state index contributed by atoms with van der Waals surface area (Å²) in [6, 6.07) is 8.03. The zero-order valence-electron chi connectivity index (χ0n) is 12.3. The molecule has 1 fully saturated rings. The van der Waals surface area contributed by atoms with E-state index in [1.54, 1.807) is 6.92 Å². The Bertz CT molecular complexity index is 522. The highest BCUT2D eigenvalue weighted by Gasteiger charge is 2.40. The Balaban J connectivity index is 1.86. The maximum Gasteiger partial charge on any atom is 0.407 e. The van der Waals surface area contributed by atoms with Crippen LogP contribution in [0.4, 0.5) is 9.59 Å². The van der Waals surface area contributed by atoms with Crippen LogP contribution in [0.15, 0.2) is 30.3 Å². The number of carboxylic acid groups (broad SMARTS) is 1. The van der Waals surface area contributed by atoms with Gasteiger partial charge in [-0.25, -0.2) is 9.59 Å². The van der Waals surface area contributed by atoms with E-state index in [0.717, 1.165) is 10.5 Å². The second-order valence-corrected chi connectivity index (χ2v) is 5.32. The molecule has 3 atom stereocenters. The van der Waals surface area contributed by atoms with Gasteiger partial charge in [-0.15, -0.1) is 0 Å². The van der Waals surface area contributed by atoms with Crippen LogP contribution in [0, 0.1) is 0 Å². The Hall–Kier alpha value is -2.28. The first-order valence-electron chi connectivity index (χ1n) is 7.14. The normalized spacial score (nSPS) is 22.2. The maximum absolute atomic E-state index is 11.8. The topological polar surface area (TPSA) is 99.1 Å². The summed E-state index contributed by atoms with van der Waals surface area (Å²) in [5, 5.41) is 21.6. The molecule has 0 radical (unpaired) electrons. The number of carbonyl (C=O) groups excluding carboxylic acids is 1. The number of aliphatic hydroxyl groups is 1. The summed E-state index contributed by atoms with van der Waals surface area (Å²) in [4.78, 5) is 24.1. The average molecular weight is 308 g/mol. The van der Waals surface area contributed by atoms with Gasteiger partial charge in [0.1, 0.15) is 6.61 Å². The summed E-state index contributed by atoms with van der Waals surface area (Å²) in [6.07, 6.45) is -2.17. The number of nitrogens with zero attached hydrogens (tertiary/aromatic N) is 1. The Morgan fingerprint density at radius 3 is 2.73 bits per heavy atom. The van der Waals surface area contributed by atoms with Crippen LogP contribution in [0.5, 0.6) is 0 Å². The molecule has 0 saturated carbocycles. The molecule has 0 aromatic heterocycles. The van der Waals surface area contributed by atoms with E-state index in [9.17, 15) is 14.7 Å². The lowest BCUT2D eigenvalue weighted by molar-refractivity contribution is 0.0785. The lowest BCUT2D eigenvalue weighted by atomic mass is 10.1. The van der Waals surface area contributed by atoms with E-state index in [2.05, 4.69) is 5.32 Å². The van der Waals surface area contributed by atoms with Crippen molar-refractivity contribution in [3.8, 4) is 0 Å². The minimum Gasteiger partial charge on any atom is -0.465 e. The first-order valence-corrected chi connectivity index (χ1v) is 7.14. The van der Waals surface area contributed by atoms with Crippen molar-refractivity contribution in [2.75, 3.05) is 6.54 Å². The van der Waals surface area contributed by atoms with Crippen LogP contribution in [0.1, 0.15) is 18.9 Å². The Labute approximate surface area is 128 Å². The van der Waals surface area contributed by atoms with Gasteiger partial charge < -0.3 is 25.2 Å². The van der Waals surface area contributed by atoms with Crippen LogP contribution in [-0.4, -0.2) is 52.0 Å². The summed E-state index contributed by atoms with van der Waals surface area (Å²) in [6.45, 7) is 2.04. The SMILES string of the molecule is CC(NC(=O)OCc1ccccc1)C1C(O)CCN1C(=O)O. The molecule has 0 spiro atoms. The predicted molar refractivity (Wildman–Crippen MR) is 78.4 cm³/mol. The molecule has 7 heteroatoms. The Morgan fingerprint density at radius 2 is 2.09 bits per heavy atom. The number of hydrogen-bond acceptors (Lipinski definition) is 4. The zero-order valence-corrected chi connectivity index (χ0v) is 12.3. The monoisotopic (exact) mass is 308 g/mol. The number of likely N-dealkylation sites (tertiary alicyclic amines) is 1. The van der Waals surface area contributed by atoms with Crippen molar-refractivity contribution < 1.29 is 24.5 Å². The molecule has 1 aliphatic rings. The van der Waals surface area contributed by atoms with Crippen LogP contribution in [0.3, 0.4) is 0 Å². The molecule has 7 nitrogen and oxygen atoms in total. The fraction of sp³-hybridized carbons (Fsp3) is 0.467. The van der Waals surface area contributed by atoms with Crippen molar-refractivity contribution in [3.05, 3.63) is 35.9 Å². The van der Waals surface area contributed by atoms with E-state index >= 15 is 0 Å². The smallest absolute Gasteiger partial charge is 0.407 e. The third kappa shape index (κ3) is 3.88. The second kappa shape index (κ2) is 7.13. The molecule has 22 heavy (non-hydrogen) atoms. The standard InChI is InChI=1S/C15H20N2O5/c1-10(13-12(18)7-8-17(13)15(20)21)16-14(19)22-9-11-5-3-2-4-6-11/h2-6,10,12-13,18H,7-9H2,1H3,(H,16,19)(H,20,21). The van der Waals surface area contributed by atoms with Gasteiger partial charge in [0.25, 0.3) is 0 Å². The van der Waals surface area contributed by atoms with Crippen molar-refractivity contribution in [1.82, 2.24) is 10.2 Å². The third-order valence-electron chi connectivity index (χ3n) is 3.74. The maximum atomic E-state index is 11.8. The first kappa shape index (κ1) is 16.1. The van der Waals surface area contributed by atoms with E-state index in [4.69, 9.17) is 9.84 Å². The molecular formula is C15H20N2O5. The Morgan fingerprint density at radius 1 is 1.41 bits per heavy atom. The lowest BCUT2D eigenvalue weighted by Crippen LogP contribution is -2.52. The minimum absolute atomic E-state index is 0.134. The van der Waals surface area contributed by atoms with Gasteiger partial charge in [0, 0.05) is 6.54 Å². The van der Waals surface area contributed by atoms with Gasteiger partial charge in [-0.3, -0.25) is 0 Å². The highest BCUT2D eigenvalue weighted by atomic mass is 16.5. The van der Waals surface area contributed by atoms with Gasteiger partial charge in [-0.2, -0.15) is 0 Å². The van der Waals surface area contributed by atoms with Crippen LogP contribution >= 0.6 is 0 Å². The summed E-state index contributed by atoms with van der Waals surface area (Å²) in [7, 11) is 0. The number of aliphatic hydroxyl groups excluding tert-OH is 1. The van der Waals surface area contributed by atoms with Crippen molar-refractivity contribution in [1.29, 1.82) is 0 Å². The van der Waals surface area contributed by atoms with Gasteiger partial charge in [0.05, 0.1) is 18.2 Å². The van der Waals surface area contributed by atoms with Gasteiger partial charge >= 0.3 is 12.2 Å². The summed E-state index contributed by atoms with van der Waals surface area (Å²) >= 11 is 0. The quantitative estimate of drug-likeness (QED) is 0.781. The van der Waals surface area contributed by atoms with E-state index in [1.165, 1.54) is 0 Å². The fourth-order valence-corrected chi connectivity index (χ4v) is 2.66. The van der Waals surface area contributed by atoms with E-state index in [1.807, 2.05) is 30.3 Å². The third-order valence-corrected chi connectivity index (χ3v) is 3.74. The molecule has 0 aliphatic carbocycles. The molecule has 1 aliphatic heterocycles. The molecule has 120 valence electrons. The largest absolute Gasteiger partial charge is 0.465 e. The average Bonchev–Trinajstić information content (AvgIpc) is 2.88. The molecule has 2 rings (SSSR count). The van der Waals surface area contributed by atoms with Crippen molar-refractivity contribution in [2.24, 2.45) is 0 Å². The van der Waals surface area contributed by atoms with Crippen molar-refractivity contribution >= 4 is 12.2 Å². The number of hydrogen-bond donors (Lipinski definition) is 3. The van der Waals surface area contributed by atoms with E-state index in [-0.39, 0.29) is 13.2 Å². The zero-order chi connectivity index (χ0) is 16.1. The molecule has 3 unspecified atom stereocenters. The van der Waals surface area contributed by atoms with Gasteiger partial charge in [-0.1, -0.05) is 30.3 Å². The van der Waals surface area contributed by atoms with Gasteiger partial charge in [0.2, 0.25) is 0 Å². The van der Waals surface area contributed by atoms with Crippen LogP contribution < -0.4 is 5.32 Å². The molecular weight excluding hydrogens is 288 g/mol. The lowest BCUT2D eigenvalue weighted by Gasteiger charge is -2.29. The van der Waals surface area contributed by atoms with Crippen LogP contribution in [-0.2, 0) is 11.3 Å². The number of nitrogens with one attached hydrogen (secondary N) is 1. The van der Waals surface area contributed by atoms with Crippen LogP contribution in [0.25, 0.3) is 0 Å². The Kier molecular flexibility index (Phi) is 5.21. The summed E-state index contributed by atoms with van der Waals surface area (Å²) < 4.78 is 5.09. The number of rotatable bonds is 4. The molecule has 0 bridgehead atoms. The summed E-state index contributed by atoms with van der Waals surface area (Å²) in [5.74, 6) is 0. The van der Waals surface area contributed by atoms with Crippen molar-refractivity contribution in [3.63, 3.8) is 0 Å². The highest BCUT2D eigenvalue weighted by Crippen LogP contribution is 2.21. The second-order valence-electron chi connectivity index (χ2n) is 5.32. The molecule has 1 heterocycles. The van der Waals surface area contributed by atoms with E-state index in [0.29, 0.717) is 6.42 Å². The summed E-state index contributed by atoms with van der Waals surface area (Å²) in [5.41, 5.74) is 0.860. The number of benzene rings is 1. The van der Waals surface area contributed by atoms with Gasteiger partial charge in [-0.05, 0) is 18.9 Å². The predicted octanol–water partition coefficient (Wildman–Crippen LogP) is 1.41. The molecule has 2 amide bonds. The number of ether oxygens (including phenoxy) is 1. The molecule has 3 N–H and O–H groups in total. The fourth-order valence-electron chi connectivity index (χ4n) is 2.66.